The molecule has 128 valence electrons. The minimum absolute atomic E-state index is 0.0177. The third-order valence-electron chi connectivity index (χ3n) is 4.70. The van der Waals surface area contributed by atoms with Gasteiger partial charge in [0.25, 0.3) is 5.56 Å². The number of rotatable bonds is 4. The number of nitrogens with one attached hydrogen (secondary N) is 1. The van der Waals surface area contributed by atoms with E-state index in [0.29, 0.717) is 18.9 Å². The van der Waals surface area contributed by atoms with Gasteiger partial charge in [0.1, 0.15) is 0 Å². The molecule has 24 heavy (non-hydrogen) atoms. The summed E-state index contributed by atoms with van der Waals surface area (Å²) in [5.74, 6) is 0.562. The number of fused-ring (bicyclic) bond motifs is 1. The molecule has 1 aliphatic heterocycles. The normalized spacial score (nSPS) is 15.2. The van der Waals surface area contributed by atoms with E-state index in [4.69, 9.17) is 0 Å². The first-order valence-electron chi connectivity index (χ1n) is 8.68. The molecule has 1 aromatic heterocycles. The summed E-state index contributed by atoms with van der Waals surface area (Å²) in [6.07, 6.45) is 2.18. The molecule has 1 amide bonds. The van der Waals surface area contributed by atoms with Gasteiger partial charge in [-0.05, 0) is 29.0 Å². The molecule has 1 N–H and O–H groups in total. The van der Waals surface area contributed by atoms with Crippen LogP contribution in [0, 0.1) is 0 Å². The van der Waals surface area contributed by atoms with Gasteiger partial charge >= 0.3 is 0 Å². The average molecular weight is 327 g/mol. The van der Waals surface area contributed by atoms with Gasteiger partial charge in [0.05, 0.1) is 0 Å². The van der Waals surface area contributed by atoms with E-state index in [9.17, 15) is 9.59 Å². The smallest absolute Gasteiger partial charge is 0.258 e. The highest BCUT2D eigenvalue weighted by atomic mass is 16.2. The molecule has 0 unspecified atom stereocenters. The quantitative estimate of drug-likeness (QED) is 0.934. The van der Waals surface area contributed by atoms with Crippen LogP contribution in [-0.2, 0) is 11.3 Å². The SMILES string of the molecule is CC(C)c1ccc2c(=O)n(CCC(=O)N3CCNCC3)ccc2c1. The van der Waals surface area contributed by atoms with Gasteiger partial charge in [-0.1, -0.05) is 26.0 Å². The van der Waals surface area contributed by atoms with Gasteiger partial charge in [0.2, 0.25) is 5.91 Å². The van der Waals surface area contributed by atoms with Gasteiger partial charge in [0.15, 0.2) is 0 Å². The van der Waals surface area contributed by atoms with E-state index < -0.39 is 0 Å². The zero-order chi connectivity index (χ0) is 17.1. The third kappa shape index (κ3) is 3.51. The Balaban J connectivity index is 1.75. The Bertz CT molecular complexity index is 789. The summed E-state index contributed by atoms with van der Waals surface area (Å²) in [5, 5.41) is 4.92. The van der Waals surface area contributed by atoms with Gasteiger partial charge in [0, 0.05) is 50.7 Å². The topological polar surface area (TPSA) is 54.3 Å². The summed E-state index contributed by atoms with van der Waals surface area (Å²) in [5.41, 5.74) is 1.21. The Morgan fingerprint density at radius 3 is 2.67 bits per heavy atom. The molecule has 3 rings (SSSR count). The molecule has 1 fully saturated rings. The predicted octanol–water partition coefficient (Wildman–Crippen LogP) is 1.95. The maximum atomic E-state index is 12.6. The standard InChI is InChI=1S/C19H25N3O2/c1-14(2)15-3-4-17-16(13-15)5-9-22(19(17)24)10-6-18(23)21-11-7-20-8-12-21/h3-5,9,13-14,20H,6-8,10-12H2,1-2H3. The lowest BCUT2D eigenvalue weighted by atomic mass is 10.0. The number of carbonyl (C=O) groups excluding carboxylic acids is 1. The molecule has 0 aliphatic carbocycles. The van der Waals surface area contributed by atoms with E-state index in [2.05, 4.69) is 25.2 Å². The average Bonchev–Trinajstić information content (AvgIpc) is 2.61. The van der Waals surface area contributed by atoms with E-state index in [1.165, 1.54) is 5.56 Å². The molecule has 0 atom stereocenters. The molecule has 0 saturated carbocycles. The summed E-state index contributed by atoms with van der Waals surface area (Å²) in [4.78, 5) is 26.7. The van der Waals surface area contributed by atoms with Crippen molar-refractivity contribution < 1.29 is 4.79 Å². The van der Waals surface area contributed by atoms with Crippen LogP contribution in [0.25, 0.3) is 10.8 Å². The Hall–Kier alpha value is -2.14. The lowest BCUT2D eigenvalue weighted by Crippen LogP contribution is -2.46. The summed E-state index contributed by atoms with van der Waals surface area (Å²) in [7, 11) is 0. The van der Waals surface area contributed by atoms with Crippen molar-refractivity contribution >= 4 is 16.7 Å². The predicted molar refractivity (Wildman–Crippen MR) is 96.4 cm³/mol. The molecular weight excluding hydrogens is 302 g/mol. The van der Waals surface area contributed by atoms with Gasteiger partial charge < -0.3 is 14.8 Å². The molecule has 0 spiro atoms. The number of nitrogens with zero attached hydrogens (tertiary/aromatic N) is 2. The Labute approximate surface area is 142 Å². The lowest BCUT2D eigenvalue weighted by molar-refractivity contribution is -0.132. The molecule has 5 heteroatoms. The molecule has 0 bridgehead atoms. The largest absolute Gasteiger partial charge is 0.340 e. The number of carbonyl (C=O) groups is 1. The van der Waals surface area contributed by atoms with Gasteiger partial charge in [-0.25, -0.2) is 0 Å². The first-order chi connectivity index (χ1) is 11.6. The van der Waals surface area contributed by atoms with Crippen LogP contribution >= 0.6 is 0 Å². The zero-order valence-electron chi connectivity index (χ0n) is 14.4. The number of benzene rings is 1. The second kappa shape index (κ2) is 7.18. The number of hydrogen-bond acceptors (Lipinski definition) is 3. The van der Waals surface area contributed by atoms with Crippen molar-refractivity contribution in [2.75, 3.05) is 26.2 Å². The monoisotopic (exact) mass is 327 g/mol. The maximum Gasteiger partial charge on any atom is 0.258 e. The van der Waals surface area contributed by atoms with Crippen molar-refractivity contribution in [1.29, 1.82) is 0 Å². The Morgan fingerprint density at radius 1 is 1.21 bits per heavy atom. The molecule has 1 aromatic carbocycles. The van der Waals surface area contributed by atoms with Crippen molar-refractivity contribution in [2.24, 2.45) is 0 Å². The molecule has 5 nitrogen and oxygen atoms in total. The van der Waals surface area contributed by atoms with Gasteiger partial charge in [-0.15, -0.1) is 0 Å². The fraction of sp³-hybridized carbons (Fsp3) is 0.474. The van der Waals surface area contributed by atoms with E-state index in [1.54, 1.807) is 10.8 Å². The number of hydrogen-bond donors (Lipinski definition) is 1. The van der Waals surface area contributed by atoms with Crippen molar-refractivity contribution in [1.82, 2.24) is 14.8 Å². The first kappa shape index (κ1) is 16.7. The molecule has 1 aliphatic rings. The lowest BCUT2D eigenvalue weighted by Gasteiger charge is -2.27. The summed E-state index contributed by atoms with van der Waals surface area (Å²) in [6.45, 7) is 7.92. The van der Waals surface area contributed by atoms with Gasteiger partial charge in [-0.3, -0.25) is 9.59 Å². The number of amides is 1. The van der Waals surface area contributed by atoms with Crippen molar-refractivity contribution in [3.63, 3.8) is 0 Å². The van der Waals surface area contributed by atoms with E-state index in [0.717, 1.165) is 37.0 Å². The van der Waals surface area contributed by atoms with Gasteiger partial charge in [-0.2, -0.15) is 0 Å². The summed E-state index contributed by atoms with van der Waals surface area (Å²) >= 11 is 0. The van der Waals surface area contributed by atoms with Crippen molar-refractivity contribution in [3.05, 3.63) is 46.4 Å². The third-order valence-corrected chi connectivity index (χ3v) is 4.70. The second-order valence-corrected chi connectivity index (χ2v) is 6.70. The number of aryl methyl sites for hydroxylation is 1. The fourth-order valence-corrected chi connectivity index (χ4v) is 3.13. The number of aromatic nitrogens is 1. The van der Waals surface area contributed by atoms with E-state index in [1.807, 2.05) is 23.1 Å². The van der Waals surface area contributed by atoms with E-state index in [-0.39, 0.29) is 11.5 Å². The summed E-state index contributed by atoms with van der Waals surface area (Å²) in [6, 6.07) is 7.97. The van der Waals surface area contributed by atoms with Crippen LogP contribution in [0.1, 0.15) is 31.7 Å². The Kier molecular flexibility index (Phi) is 5.00. The highest BCUT2D eigenvalue weighted by Crippen LogP contribution is 2.19. The zero-order valence-corrected chi connectivity index (χ0v) is 14.4. The van der Waals surface area contributed by atoms with Crippen LogP contribution in [0.5, 0.6) is 0 Å². The molecule has 2 heterocycles. The second-order valence-electron chi connectivity index (χ2n) is 6.70. The van der Waals surface area contributed by atoms with Crippen LogP contribution in [0.3, 0.4) is 0 Å². The summed E-state index contributed by atoms with van der Waals surface area (Å²) < 4.78 is 1.65. The molecular formula is C19H25N3O2. The van der Waals surface area contributed by atoms with Crippen LogP contribution in [0.2, 0.25) is 0 Å². The van der Waals surface area contributed by atoms with Crippen LogP contribution in [0.4, 0.5) is 0 Å². The highest BCUT2D eigenvalue weighted by molar-refractivity contribution is 5.82. The maximum absolute atomic E-state index is 12.6. The van der Waals surface area contributed by atoms with Crippen LogP contribution in [-0.4, -0.2) is 41.6 Å². The highest BCUT2D eigenvalue weighted by Gasteiger charge is 2.16. The minimum atomic E-state index is -0.0177. The minimum Gasteiger partial charge on any atom is -0.340 e. The molecule has 0 radical (unpaired) electrons. The number of piperazine rings is 1. The van der Waals surface area contributed by atoms with E-state index >= 15 is 0 Å². The van der Waals surface area contributed by atoms with Crippen molar-refractivity contribution in [2.45, 2.75) is 32.7 Å². The number of pyridine rings is 1. The Morgan fingerprint density at radius 2 is 1.96 bits per heavy atom. The first-order valence-corrected chi connectivity index (χ1v) is 8.68. The van der Waals surface area contributed by atoms with Crippen molar-refractivity contribution in [3.8, 4) is 0 Å². The fourth-order valence-electron chi connectivity index (χ4n) is 3.13. The van der Waals surface area contributed by atoms with Crippen LogP contribution in [0.15, 0.2) is 35.3 Å². The molecule has 2 aromatic rings. The van der Waals surface area contributed by atoms with Crippen LogP contribution < -0.4 is 10.9 Å². The molecule has 1 saturated heterocycles.